The largest absolute Gasteiger partial charge is 0.325 e. The van der Waals surface area contributed by atoms with Crippen molar-refractivity contribution in [3.05, 3.63) is 29.8 Å². The maximum absolute atomic E-state index is 12.0. The molecule has 1 aromatic carbocycles. The highest BCUT2D eigenvalue weighted by Crippen LogP contribution is 2.13. The molecule has 1 amide bonds. The molecular formula is C15H21N3O. The van der Waals surface area contributed by atoms with Crippen LogP contribution in [-0.2, 0) is 4.79 Å². The van der Waals surface area contributed by atoms with E-state index in [0.29, 0.717) is 17.8 Å². The molecule has 102 valence electrons. The van der Waals surface area contributed by atoms with E-state index in [9.17, 15) is 4.79 Å². The highest BCUT2D eigenvalue weighted by atomic mass is 16.2. The van der Waals surface area contributed by atoms with Crippen LogP contribution in [0.25, 0.3) is 0 Å². The van der Waals surface area contributed by atoms with Gasteiger partial charge in [0.1, 0.15) is 0 Å². The number of rotatable bonds is 4. The molecule has 0 heterocycles. The molecule has 4 heteroatoms. The maximum Gasteiger partial charge on any atom is 0.238 e. The molecule has 0 unspecified atom stereocenters. The van der Waals surface area contributed by atoms with E-state index < -0.39 is 0 Å². The summed E-state index contributed by atoms with van der Waals surface area (Å²) in [6.07, 6.45) is 0. The maximum atomic E-state index is 12.0. The summed E-state index contributed by atoms with van der Waals surface area (Å²) in [5, 5.41) is 11.5. The second kappa shape index (κ2) is 6.35. The molecule has 4 nitrogen and oxygen atoms in total. The normalized spacial score (nSPS) is 11.2. The molecule has 0 aromatic heterocycles. The number of likely N-dealkylation sites (N-methyl/N-ethyl adjacent to an activating group) is 1. The lowest BCUT2D eigenvalue weighted by atomic mass is 10.1. The average molecular weight is 259 g/mol. The minimum absolute atomic E-state index is 0.0310. The van der Waals surface area contributed by atoms with Crippen molar-refractivity contribution in [2.24, 2.45) is 0 Å². The molecule has 1 rings (SSSR count). The number of hydrogen-bond acceptors (Lipinski definition) is 3. The lowest BCUT2D eigenvalue weighted by molar-refractivity contribution is -0.118. The van der Waals surface area contributed by atoms with Crippen molar-refractivity contribution in [2.75, 3.05) is 18.4 Å². The number of hydrogen-bond donors (Lipinski definition) is 1. The molecule has 0 fully saturated rings. The van der Waals surface area contributed by atoms with Gasteiger partial charge in [0.05, 0.1) is 18.2 Å². The van der Waals surface area contributed by atoms with Gasteiger partial charge in [0, 0.05) is 11.2 Å². The van der Waals surface area contributed by atoms with Gasteiger partial charge in [0.2, 0.25) is 5.91 Å². The van der Waals surface area contributed by atoms with Gasteiger partial charge in [-0.15, -0.1) is 0 Å². The zero-order chi connectivity index (χ0) is 14.5. The Labute approximate surface area is 115 Å². The Hall–Kier alpha value is -1.86. The number of nitrogens with one attached hydrogen (secondary N) is 1. The molecule has 0 aliphatic rings. The summed E-state index contributed by atoms with van der Waals surface area (Å²) in [5.41, 5.74) is 1.27. The first-order chi connectivity index (χ1) is 8.86. The van der Waals surface area contributed by atoms with E-state index in [1.54, 1.807) is 24.3 Å². The van der Waals surface area contributed by atoms with Crippen LogP contribution in [0.1, 0.15) is 33.3 Å². The second-order valence-corrected chi connectivity index (χ2v) is 5.42. The Morgan fingerprint density at radius 1 is 1.32 bits per heavy atom. The Morgan fingerprint density at radius 3 is 2.32 bits per heavy atom. The lowest BCUT2D eigenvalue weighted by Gasteiger charge is -2.33. The molecule has 0 spiro atoms. The average Bonchev–Trinajstić information content (AvgIpc) is 2.35. The van der Waals surface area contributed by atoms with Crippen LogP contribution in [0.4, 0.5) is 5.69 Å². The summed E-state index contributed by atoms with van der Waals surface area (Å²) in [5.74, 6) is -0.0403. The van der Waals surface area contributed by atoms with Crippen LogP contribution in [0.5, 0.6) is 0 Å². The summed E-state index contributed by atoms with van der Waals surface area (Å²) < 4.78 is 0. The third-order valence-electron chi connectivity index (χ3n) is 2.96. The Bertz CT molecular complexity index is 466. The van der Waals surface area contributed by atoms with Gasteiger partial charge in [-0.1, -0.05) is 6.92 Å². The smallest absolute Gasteiger partial charge is 0.238 e. The molecule has 0 atom stereocenters. The molecule has 0 bridgehead atoms. The quantitative estimate of drug-likeness (QED) is 0.904. The van der Waals surface area contributed by atoms with Crippen LogP contribution < -0.4 is 5.32 Å². The van der Waals surface area contributed by atoms with E-state index in [2.05, 4.69) is 31.0 Å². The number of carbonyl (C=O) groups is 1. The van der Waals surface area contributed by atoms with Crippen molar-refractivity contribution in [2.45, 2.75) is 33.2 Å². The van der Waals surface area contributed by atoms with Gasteiger partial charge in [-0.25, -0.2) is 0 Å². The fraction of sp³-hybridized carbons (Fsp3) is 0.467. The zero-order valence-corrected chi connectivity index (χ0v) is 12.0. The molecule has 1 aromatic rings. The molecule has 19 heavy (non-hydrogen) atoms. The first-order valence-corrected chi connectivity index (χ1v) is 6.42. The van der Waals surface area contributed by atoms with Gasteiger partial charge in [0.15, 0.2) is 0 Å². The van der Waals surface area contributed by atoms with Crippen molar-refractivity contribution in [3.8, 4) is 6.07 Å². The first-order valence-electron chi connectivity index (χ1n) is 6.42. The van der Waals surface area contributed by atoms with Gasteiger partial charge in [-0.05, 0) is 51.6 Å². The van der Waals surface area contributed by atoms with Crippen LogP contribution in [-0.4, -0.2) is 29.4 Å². The molecular weight excluding hydrogens is 238 g/mol. The van der Waals surface area contributed by atoms with Gasteiger partial charge in [0.25, 0.3) is 0 Å². The molecule has 0 saturated heterocycles. The van der Waals surface area contributed by atoms with E-state index in [1.165, 1.54) is 0 Å². The van der Waals surface area contributed by atoms with Crippen molar-refractivity contribution >= 4 is 11.6 Å². The monoisotopic (exact) mass is 259 g/mol. The number of anilines is 1. The number of amides is 1. The van der Waals surface area contributed by atoms with Crippen LogP contribution in [0.3, 0.4) is 0 Å². The van der Waals surface area contributed by atoms with Crippen molar-refractivity contribution in [1.29, 1.82) is 5.26 Å². The molecule has 1 N–H and O–H groups in total. The van der Waals surface area contributed by atoms with E-state index >= 15 is 0 Å². The highest BCUT2D eigenvalue weighted by molar-refractivity contribution is 5.92. The van der Waals surface area contributed by atoms with Crippen LogP contribution in [0.2, 0.25) is 0 Å². The minimum Gasteiger partial charge on any atom is -0.325 e. The summed E-state index contributed by atoms with van der Waals surface area (Å²) in [6, 6.07) is 8.91. The Balaban J connectivity index is 2.62. The van der Waals surface area contributed by atoms with Crippen LogP contribution >= 0.6 is 0 Å². The van der Waals surface area contributed by atoms with Gasteiger partial charge in [-0.2, -0.15) is 5.26 Å². The lowest BCUT2D eigenvalue weighted by Crippen LogP contribution is -2.45. The highest BCUT2D eigenvalue weighted by Gasteiger charge is 2.21. The van der Waals surface area contributed by atoms with Gasteiger partial charge < -0.3 is 5.32 Å². The Morgan fingerprint density at radius 2 is 1.89 bits per heavy atom. The topological polar surface area (TPSA) is 56.1 Å². The summed E-state index contributed by atoms with van der Waals surface area (Å²) in [4.78, 5) is 14.1. The summed E-state index contributed by atoms with van der Waals surface area (Å²) in [7, 11) is 0. The predicted octanol–water partition coefficient (Wildman–Crippen LogP) is 2.62. The standard InChI is InChI=1S/C15H21N3O/c1-5-18(15(2,3)4)11-14(19)17-13-8-6-12(10-16)7-9-13/h6-9H,5,11H2,1-4H3,(H,17,19). The summed E-state index contributed by atoms with van der Waals surface area (Å²) in [6.45, 7) is 9.49. The fourth-order valence-electron chi connectivity index (χ4n) is 1.83. The molecule has 0 radical (unpaired) electrons. The fourth-order valence-corrected chi connectivity index (χ4v) is 1.83. The number of nitriles is 1. The number of nitrogens with zero attached hydrogens (tertiary/aromatic N) is 2. The van der Waals surface area contributed by atoms with Crippen molar-refractivity contribution < 1.29 is 4.79 Å². The Kier molecular flexibility index (Phi) is 5.08. The molecule has 0 saturated carbocycles. The van der Waals surface area contributed by atoms with Crippen LogP contribution in [0.15, 0.2) is 24.3 Å². The minimum atomic E-state index is -0.0403. The van der Waals surface area contributed by atoms with E-state index in [1.807, 2.05) is 13.0 Å². The van der Waals surface area contributed by atoms with Crippen LogP contribution in [0, 0.1) is 11.3 Å². The number of benzene rings is 1. The summed E-state index contributed by atoms with van der Waals surface area (Å²) >= 11 is 0. The molecule has 0 aliphatic heterocycles. The third kappa shape index (κ3) is 4.72. The van der Waals surface area contributed by atoms with E-state index in [0.717, 1.165) is 6.54 Å². The van der Waals surface area contributed by atoms with E-state index in [4.69, 9.17) is 5.26 Å². The van der Waals surface area contributed by atoms with Gasteiger partial charge >= 0.3 is 0 Å². The van der Waals surface area contributed by atoms with Gasteiger partial charge in [-0.3, -0.25) is 9.69 Å². The zero-order valence-electron chi connectivity index (χ0n) is 12.0. The second-order valence-electron chi connectivity index (χ2n) is 5.42. The first kappa shape index (κ1) is 15.2. The molecule has 0 aliphatic carbocycles. The SMILES string of the molecule is CCN(CC(=O)Nc1ccc(C#N)cc1)C(C)(C)C. The van der Waals surface area contributed by atoms with Crippen molar-refractivity contribution in [1.82, 2.24) is 4.90 Å². The van der Waals surface area contributed by atoms with E-state index in [-0.39, 0.29) is 11.4 Å². The third-order valence-corrected chi connectivity index (χ3v) is 2.96. The predicted molar refractivity (Wildman–Crippen MR) is 76.8 cm³/mol. The number of carbonyl (C=O) groups excluding carboxylic acids is 1. The van der Waals surface area contributed by atoms with Crippen molar-refractivity contribution in [3.63, 3.8) is 0 Å².